The fourth-order valence-corrected chi connectivity index (χ4v) is 1.26. The van der Waals surface area contributed by atoms with Crippen molar-refractivity contribution in [3.63, 3.8) is 0 Å². The third-order valence-electron chi connectivity index (χ3n) is 2.20. The molecule has 1 aromatic carbocycles. The number of hydrogen-bond donors (Lipinski definition) is 1. The summed E-state index contributed by atoms with van der Waals surface area (Å²) in [5.74, 6) is -0.0258. The summed E-state index contributed by atoms with van der Waals surface area (Å²) in [4.78, 5) is 10.8. The molecule has 1 aromatic rings. The van der Waals surface area contributed by atoms with E-state index in [1.807, 2.05) is 6.92 Å². The van der Waals surface area contributed by atoms with E-state index in [4.69, 9.17) is 14.6 Å². The van der Waals surface area contributed by atoms with E-state index in [-0.39, 0.29) is 5.56 Å². The Hall–Kier alpha value is -1.97. The Bertz CT molecular complexity index is 423. The van der Waals surface area contributed by atoms with E-state index in [1.54, 1.807) is 6.07 Å². The van der Waals surface area contributed by atoms with E-state index in [2.05, 4.69) is 6.58 Å². The number of hydrogen-bond acceptors (Lipinski definition) is 3. The Kier molecular flexibility index (Phi) is 4.57. The quantitative estimate of drug-likeness (QED) is 0.771. The van der Waals surface area contributed by atoms with Gasteiger partial charge in [-0.3, -0.25) is 0 Å². The molecule has 0 amide bonds. The number of aromatic carboxylic acids is 1. The fourth-order valence-electron chi connectivity index (χ4n) is 1.26. The van der Waals surface area contributed by atoms with Gasteiger partial charge in [-0.1, -0.05) is 5.57 Å². The molecule has 17 heavy (non-hydrogen) atoms. The summed E-state index contributed by atoms with van der Waals surface area (Å²) in [7, 11) is 1.48. The zero-order chi connectivity index (χ0) is 12.8. The first-order chi connectivity index (χ1) is 8.04. The number of carbonyl (C=O) groups is 1. The molecule has 0 spiro atoms. The monoisotopic (exact) mass is 236 g/mol. The fraction of sp³-hybridized carbons (Fsp3) is 0.308. The molecule has 0 fully saturated rings. The molecule has 0 saturated carbocycles. The number of rotatable bonds is 6. The van der Waals surface area contributed by atoms with Gasteiger partial charge < -0.3 is 14.6 Å². The van der Waals surface area contributed by atoms with Gasteiger partial charge in [-0.15, -0.1) is 6.58 Å². The molecule has 1 N–H and O–H groups in total. The van der Waals surface area contributed by atoms with Crippen LogP contribution in [0.25, 0.3) is 0 Å². The molecule has 0 radical (unpaired) electrons. The maximum absolute atomic E-state index is 10.8. The van der Waals surface area contributed by atoms with E-state index in [0.29, 0.717) is 18.1 Å². The maximum Gasteiger partial charge on any atom is 0.335 e. The summed E-state index contributed by atoms with van der Waals surface area (Å²) in [6, 6.07) is 4.53. The van der Waals surface area contributed by atoms with Gasteiger partial charge in [0.2, 0.25) is 0 Å². The number of methoxy groups -OCH3 is 1. The standard InChI is InChI=1S/C13H16O4/c1-9(2)6-7-17-11-5-4-10(13(14)15)8-12(11)16-3/h4-5,8H,1,6-7H2,2-3H3,(H,14,15). The highest BCUT2D eigenvalue weighted by molar-refractivity contribution is 5.88. The number of ether oxygens (including phenoxy) is 2. The van der Waals surface area contributed by atoms with Crippen LogP contribution in [0.2, 0.25) is 0 Å². The molecule has 92 valence electrons. The van der Waals surface area contributed by atoms with Crippen LogP contribution in [-0.4, -0.2) is 24.8 Å². The third kappa shape index (κ3) is 3.83. The molecule has 1 rings (SSSR count). The number of benzene rings is 1. The summed E-state index contributed by atoms with van der Waals surface area (Å²) in [5, 5.41) is 8.84. The lowest BCUT2D eigenvalue weighted by Crippen LogP contribution is -2.02. The normalized spacial score (nSPS) is 9.76. The van der Waals surface area contributed by atoms with Gasteiger partial charge in [0, 0.05) is 6.42 Å². The van der Waals surface area contributed by atoms with E-state index in [1.165, 1.54) is 19.2 Å². The Morgan fingerprint density at radius 3 is 2.65 bits per heavy atom. The van der Waals surface area contributed by atoms with Gasteiger partial charge in [0.1, 0.15) is 0 Å². The summed E-state index contributed by atoms with van der Waals surface area (Å²) in [6.45, 7) is 6.20. The number of carboxylic acids is 1. The maximum atomic E-state index is 10.8. The van der Waals surface area contributed by atoms with Crippen LogP contribution in [0.5, 0.6) is 11.5 Å². The largest absolute Gasteiger partial charge is 0.493 e. The van der Waals surface area contributed by atoms with Crippen LogP contribution in [0.3, 0.4) is 0 Å². The van der Waals surface area contributed by atoms with E-state index in [9.17, 15) is 4.79 Å². The van der Waals surface area contributed by atoms with Crippen LogP contribution in [0.15, 0.2) is 30.4 Å². The molecule has 0 aliphatic heterocycles. The molecule has 0 aliphatic carbocycles. The molecule has 0 heterocycles. The Morgan fingerprint density at radius 2 is 2.12 bits per heavy atom. The molecule has 0 aliphatic rings. The molecule has 0 unspecified atom stereocenters. The van der Waals surface area contributed by atoms with Gasteiger partial charge in [-0.05, 0) is 25.1 Å². The van der Waals surface area contributed by atoms with Crippen molar-refractivity contribution in [2.45, 2.75) is 13.3 Å². The van der Waals surface area contributed by atoms with Crippen molar-refractivity contribution in [1.82, 2.24) is 0 Å². The molecule has 0 bridgehead atoms. The van der Waals surface area contributed by atoms with E-state index < -0.39 is 5.97 Å². The van der Waals surface area contributed by atoms with Crippen molar-refractivity contribution in [1.29, 1.82) is 0 Å². The van der Waals surface area contributed by atoms with Crippen LogP contribution in [0.4, 0.5) is 0 Å². The van der Waals surface area contributed by atoms with Crippen LogP contribution in [0, 0.1) is 0 Å². The molecular weight excluding hydrogens is 220 g/mol. The van der Waals surface area contributed by atoms with Gasteiger partial charge in [-0.25, -0.2) is 4.79 Å². The van der Waals surface area contributed by atoms with Crippen molar-refractivity contribution in [2.24, 2.45) is 0 Å². The second-order valence-corrected chi connectivity index (χ2v) is 3.73. The average molecular weight is 236 g/mol. The topological polar surface area (TPSA) is 55.8 Å². The summed E-state index contributed by atoms with van der Waals surface area (Å²) in [6.07, 6.45) is 0.754. The minimum atomic E-state index is -0.989. The van der Waals surface area contributed by atoms with E-state index in [0.717, 1.165) is 12.0 Å². The first kappa shape index (κ1) is 13.1. The highest BCUT2D eigenvalue weighted by atomic mass is 16.5. The van der Waals surface area contributed by atoms with Gasteiger partial charge >= 0.3 is 5.97 Å². The zero-order valence-corrected chi connectivity index (χ0v) is 10.0. The predicted molar refractivity (Wildman–Crippen MR) is 64.9 cm³/mol. The lowest BCUT2D eigenvalue weighted by molar-refractivity contribution is 0.0696. The molecule has 0 aromatic heterocycles. The van der Waals surface area contributed by atoms with E-state index >= 15 is 0 Å². The lowest BCUT2D eigenvalue weighted by Gasteiger charge is -2.11. The van der Waals surface area contributed by atoms with Crippen LogP contribution in [0.1, 0.15) is 23.7 Å². The minimum absolute atomic E-state index is 0.175. The number of carboxylic acid groups (broad SMARTS) is 1. The SMILES string of the molecule is C=C(C)CCOc1ccc(C(=O)O)cc1OC. The van der Waals surface area contributed by atoms with Crippen LogP contribution in [-0.2, 0) is 0 Å². The van der Waals surface area contributed by atoms with Gasteiger partial charge in [0.25, 0.3) is 0 Å². The first-order valence-corrected chi connectivity index (χ1v) is 5.23. The second-order valence-electron chi connectivity index (χ2n) is 3.73. The van der Waals surface area contributed by atoms with Crippen LogP contribution >= 0.6 is 0 Å². The summed E-state index contributed by atoms with van der Waals surface area (Å²) in [5.41, 5.74) is 1.21. The van der Waals surface area contributed by atoms with Crippen molar-refractivity contribution in [3.8, 4) is 11.5 Å². The smallest absolute Gasteiger partial charge is 0.335 e. The molecule has 4 nitrogen and oxygen atoms in total. The predicted octanol–water partition coefficient (Wildman–Crippen LogP) is 2.74. The Morgan fingerprint density at radius 1 is 1.41 bits per heavy atom. The summed E-state index contributed by atoms with van der Waals surface area (Å²) < 4.78 is 10.6. The van der Waals surface area contributed by atoms with Crippen molar-refractivity contribution < 1.29 is 19.4 Å². The van der Waals surface area contributed by atoms with Crippen molar-refractivity contribution in [2.75, 3.05) is 13.7 Å². The molecule has 4 heteroatoms. The Labute approximate surface area is 100 Å². The molecule has 0 atom stereocenters. The zero-order valence-electron chi connectivity index (χ0n) is 10.0. The third-order valence-corrected chi connectivity index (χ3v) is 2.20. The van der Waals surface area contributed by atoms with Gasteiger partial charge in [0.05, 0.1) is 19.3 Å². The Balaban J connectivity index is 2.78. The highest BCUT2D eigenvalue weighted by Gasteiger charge is 2.09. The minimum Gasteiger partial charge on any atom is -0.493 e. The van der Waals surface area contributed by atoms with Crippen molar-refractivity contribution in [3.05, 3.63) is 35.9 Å². The van der Waals surface area contributed by atoms with Crippen LogP contribution < -0.4 is 9.47 Å². The first-order valence-electron chi connectivity index (χ1n) is 5.23. The molecule has 0 saturated heterocycles. The molecular formula is C13H16O4. The van der Waals surface area contributed by atoms with Crippen molar-refractivity contribution >= 4 is 5.97 Å². The lowest BCUT2D eigenvalue weighted by atomic mass is 10.2. The highest BCUT2D eigenvalue weighted by Crippen LogP contribution is 2.28. The van der Waals surface area contributed by atoms with Gasteiger partial charge in [-0.2, -0.15) is 0 Å². The summed E-state index contributed by atoms with van der Waals surface area (Å²) >= 11 is 0. The van der Waals surface area contributed by atoms with Gasteiger partial charge in [0.15, 0.2) is 11.5 Å². The second kappa shape index (κ2) is 5.94. The average Bonchev–Trinajstić information content (AvgIpc) is 2.28.